The predicted octanol–water partition coefficient (Wildman–Crippen LogP) is 1.81. The van der Waals surface area contributed by atoms with Crippen LogP contribution in [0.2, 0.25) is 0 Å². The molecule has 136 valence electrons. The van der Waals surface area contributed by atoms with Crippen LogP contribution in [0.25, 0.3) is 0 Å². The van der Waals surface area contributed by atoms with Crippen molar-refractivity contribution in [2.24, 2.45) is 0 Å². The number of para-hydroxylation sites is 1. The Hall–Kier alpha value is -3.35. The maximum absolute atomic E-state index is 12.1. The molecular formula is C19H21N3O4. The molecule has 0 aliphatic rings. The van der Waals surface area contributed by atoms with E-state index in [1.54, 1.807) is 48.5 Å². The second kappa shape index (κ2) is 9.22. The molecule has 7 heteroatoms. The SMILES string of the molecule is COc1ccccc1C(=O)NCCNC(=O)c1ccc(NC(C)=O)cc1. The summed E-state index contributed by atoms with van der Waals surface area (Å²) in [4.78, 5) is 35.2. The minimum absolute atomic E-state index is 0.173. The zero-order chi connectivity index (χ0) is 18.9. The maximum Gasteiger partial charge on any atom is 0.255 e. The van der Waals surface area contributed by atoms with Gasteiger partial charge in [-0.05, 0) is 36.4 Å². The van der Waals surface area contributed by atoms with Crippen molar-refractivity contribution in [3.63, 3.8) is 0 Å². The Balaban J connectivity index is 1.79. The standard InChI is InChI=1S/C19H21N3O4/c1-13(23)22-15-9-7-14(8-10-15)18(24)20-11-12-21-19(25)16-5-3-4-6-17(16)26-2/h3-10H,11-12H2,1-2H3,(H,20,24)(H,21,25)(H,22,23). The molecule has 0 aliphatic carbocycles. The van der Waals surface area contributed by atoms with Gasteiger partial charge in [-0.2, -0.15) is 0 Å². The van der Waals surface area contributed by atoms with Crippen LogP contribution in [0.15, 0.2) is 48.5 Å². The fraction of sp³-hybridized carbons (Fsp3) is 0.211. The molecule has 0 fully saturated rings. The molecule has 7 nitrogen and oxygen atoms in total. The second-order valence-electron chi connectivity index (χ2n) is 5.47. The van der Waals surface area contributed by atoms with Crippen molar-refractivity contribution in [2.45, 2.75) is 6.92 Å². The molecule has 0 heterocycles. The third kappa shape index (κ3) is 5.34. The van der Waals surface area contributed by atoms with Crippen molar-refractivity contribution < 1.29 is 19.1 Å². The zero-order valence-corrected chi connectivity index (χ0v) is 14.7. The molecule has 2 aromatic carbocycles. The highest BCUT2D eigenvalue weighted by atomic mass is 16.5. The summed E-state index contributed by atoms with van der Waals surface area (Å²) in [6.45, 7) is 1.99. The van der Waals surface area contributed by atoms with Crippen LogP contribution in [0.1, 0.15) is 27.6 Å². The van der Waals surface area contributed by atoms with Gasteiger partial charge in [0.05, 0.1) is 12.7 Å². The van der Waals surface area contributed by atoms with Crippen molar-refractivity contribution in [3.8, 4) is 5.75 Å². The van der Waals surface area contributed by atoms with Crippen LogP contribution in [0, 0.1) is 0 Å². The summed E-state index contributed by atoms with van der Waals surface area (Å²) < 4.78 is 5.15. The fourth-order valence-corrected chi connectivity index (χ4v) is 2.29. The number of rotatable bonds is 7. The Labute approximate surface area is 151 Å². The van der Waals surface area contributed by atoms with E-state index in [1.807, 2.05) is 0 Å². The summed E-state index contributed by atoms with van der Waals surface area (Å²) in [6, 6.07) is 13.5. The average Bonchev–Trinajstić information content (AvgIpc) is 2.65. The number of benzene rings is 2. The molecule has 0 bridgehead atoms. The van der Waals surface area contributed by atoms with E-state index in [0.29, 0.717) is 22.6 Å². The molecule has 0 aromatic heterocycles. The number of ether oxygens (including phenoxy) is 1. The first kappa shape index (κ1) is 19.0. The lowest BCUT2D eigenvalue weighted by molar-refractivity contribution is -0.114. The molecule has 0 unspecified atom stereocenters. The van der Waals surface area contributed by atoms with E-state index in [4.69, 9.17) is 4.74 Å². The smallest absolute Gasteiger partial charge is 0.255 e. The molecule has 0 spiro atoms. The van der Waals surface area contributed by atoms with E-state index in [9.17, 15) is 14.4 Å². The highest BCUT2D eigenvalue weighted by molar-refractivity contribution is 5.97. The van der Waals surface area contributed by atoms with E-state index in [1.165, 1.54) is 14.0 Å². The Bertz CT molecular complexity index is 788. The first-order chi connectivity index (χ1) is 12.5. The monoisotopic (exact) mass is 355 g/mol. The van der Waals surface area contributed by atoms with Crippen molar-refractivity contribution in [1.82, 2.24) is 10.6 Å². The lowest BCUT2D eigenvalue weighted by atomic mass is 10.2. The number of carbonyl (C=O) groups is 3. The molecule has 0 aliphatic heterocycles. The van der Waals surface area contributed by atoms with Crippen LogP contribution in [-0.4, -0.2) is 37.9 Å². The highest BCUT2D eigenvalue weighted by Crippen LogP contribution is 2.16. The van der Waals surface area contributed by atoms with Crippen molar-refractivity contribution in [3.05, 3.63) is 59.7 Å². The number of anilines is 1. The molecule has 0 saturated heterocycles. The lowest BCUT2D eigenvalue weighted by Crippen LogP contribution is -2.34. The Kier molecular flexibility index (Phi) is 6.73. The van der Waals surface area contributed by atoms with E-state index in [2.05, 4.69) is 16.0 Å². The van der Waals surface area contributed by atoms with Gasteiger partial charge in [-0.15, -0.1) is 0 Å². The Morgan fingerprint density at radius 3 is 2.12 bits per heavy atom. The van der Waals surface area contributed by atoms with Gasteiger partial charge in [0.2, 0.25) is 5.91 Å². The molecule has 0 atom stereocenters. The number of hydrogen-bond acceptors (Lipinski definition) is 4. The summed E-state index contributed by atoms with van der Waals surface area (Å²) in [5.41, 5.74) is 1.53. The molecule has 3 amide bonds. The minimum atomic E-state index is -0.267. The zero-order valence-electron chi connectivity index (χ0n) is 14.7. The van der Waals surface area contributed by atoms with Crippen molar-refractivity contribution >= 4 is 23.4 Å². The van der Waals surface area contributed by atoms with Crippen LogP contribution in [-0.2, 0) is 4.79 Å². The highest BCUT2D eigenvalue weighted by Gasteiger charge is 2.11. The molecule has 0 radical (unpaired) electrons. The Morgan fingerprint density at radius 1 is 0.885 bits per heavy atom. The molecule has 3 N–H and O–H groups in total. The van der Waals surface area contributed by atoms with Crippen molar-refractivity contribution in [1.29, 1.82) is 0 Å². The van der Waals surface area contributed by atoms with E-state index < -0.39 is 0 Å². The summed E-state index contributed by atoms with van der Waals surface area (Å²) in [6.07, 6.45) is 0. The van der Waals surface area contributed by atoms with Crippen molar-refractivity contribution in [2.75, 3.05) is 25.5 Å². The van der Waals surface area contributed by atoms with Gasteiger partial charge < -0.3 is 20.7 Å². The number of nitrogens with one attached hydrogen (secondary N) is 3. The summed E-state index contributed by atoms with van der Waals surface area (Å²) in [7, 11) is 1.50. The number of carbonyl (C=O) groups excluding carboxylic acids is 3. The fourth-order valence-electron chi connectivity index (χ4n) is 2.29. The van der Waals surface area contributed by atoms with E-state index in [-0.39, 0.29) is 30.8 Å². The van der Waals surface area contributed by atoms with Crippen LogP contribution < -0.4 is 20.7 Å². The van der Waals surface area contributed by atoms with Gasteiger partial charge >= 0.3 is 0 Å². The van der Waals surface area contributed by atoms with Gasteiger partial charge in [0.15, 0.2) is 0 Å². The molecule has 2 rings (SSSR count). The van der Waals surface area contributed by atoms with Gasteiger partial charge in [-0.25, -0.2) is 0 Å². The number of amides is 3. The summed E-state index contributed by atoms with van der Waals surface area (Å²) in [5, 5.41) is 8.08. The minimum Gasteiger partial charge on any atom is -0.496 e. The average molecular weight is 355 g/mol. The third-order valence-electron chi connectivity index (χ3n) is 3.52. The third-order valence-corrected chi connectivity index (χ3v) is 3.52. The van der Waals surface area contributed by atoms with Gasteiger partial charge in [-0.1, -0.05) is 12.1 Å². The summed E-state index contributed by atoms with van der Waals surface area (Å²) >= 11 is 0. The van der Waals surface area contributed by atoms with Gasteiger partial charge in [-0.3, -0.25) is 14.4 Å². The van der Waals surface area contributed by atoms with Crippen LogP contribution in [0.4, 0.5) is 5.69 Å². The second-order valence-corrected chi connectivity index (χ2v) is 5.47. The van der Waals surface area contributed by atoms with Crippen LogP contribution in [0.5, 0.6) is 5.75 Å². The first-order valence-electron chi connectivity index (χ1n) is 8.08. The van der Waals surface area contributed by atoms with Gasteiger partial charge in [0.25, 0.3) is 11.8 Å². The molecular weight excluding hydrogens is 334 g/mol. The molecule has 26 heavy (non-hydrogen) atoms. The lowest BCUT2D eigenvalue weighted by Gasteiger charge is -2.10. The number of methoxy groups -OCH3 is 1. The molecule has 2 aromatic rings. The van der Waals surface area contributed by atoms with Gasteiger partial charge in [0.1, 0.15) is 5.75 Å². The number of hydrogen-bond donors (Lipinski definition) is 3. The quantitative estimate of drug-likeness (QED) is 0.660. The normalized spacial score (nSPS) is 9.92. The predicted molar refractivity (Wildman–Crippen MR) is 98.4 cm³/mol. The van der Waals surface area contributed by atoms with E-state index >= 15 is 0 Å². The van der Waals surface area contributed by atoms with Crippen LogP contribution >= 0.6 is 0 Å². The van der Waals surface area contributed by atoms with E-state index in [0.717, 1.165) is 0 Å². The Morgan fingerprint density at radius 2 is 1.50 bits per heavy atom. The maximum atomic E-state index is 12.1. The van der Waals surface area contributed by atoms with Crippen LogP contribution in [0.3, 0.4) is 0 Å². The van der Waals surface area contributed by atoms with Gasteiger partial charge in [0, 0.05) is 31.3 Å². The summed E-state index contributed by atoms with van der Waals surface area (Å²) in [5.74, 6) is -0.205. The largest absolute Gasteiger partial charge is 0.496 e. The topological polar surface area (TPSA) is 96.5 Å². The molecule has 0 saturated carbocycles. The first-order valence-corrected chi connectivity index (χ1v) is 8.08.